The molecule has 0 spiro atoms. The van der Waals surface area contributed by atoms with E-state index in [2.05, 4.69) is 22.7 Å². The Morgan fingerprint density at radius 1 is 1.42 bits per heavy atom. The molecule has 1 heterocycles. The molecule has 0 saturated carbocycles. The van der Waals surface area contributed by atoms with Gasteiger partial charge in [0, 0.05) is 31.8 Å². The fourth-order valence-corrected chi connectivity index (χ4v) is 2.24. The molecule has 1 N–H and O–H groups in total. The average Bonchev–Trinajstić information content (AvgIpc) is 2.05. The highest BCUT2D eigenvalue weighted by atomic mass is 32.2. The second-order valence-electron chi connectivity index (χ2n) is 3.45. The number of aliphatic hydroxyl groups excluding tert-OH is 1. The first kappa shape index (κ1) is 10.3. The van der Waals surface area contributed by atoms with Gasteiger partial charge in [0.05, 0.1) is 0 Å². The molecule has 0 bridgehead atoms. The molecule has 0 aromatic rings. The zero-order chi connectivity index (χ0) is 8.97. The summed E-state index contributed by atoms with van der Waals surface area (Å²) in [5.74, 6) is 0.545. The molecule has 12 heavy (non-hydrogen) atoms. The highest BCUT2D eigenvalue weighted by molar-refractivity contribution is 7.94. The summed E-state index contributed by atoms with van der Waals surface area (Å²) in [7, 11) is 4.12. The molecule has 3 nitrogen and oxygen atoms in total. The van der Waals surface area contributed by atoms with Gasteiger partial charge >= 0.3 is 0 Å². The van der Waals surface area contributed by atoms with Gasteiger partial charge in [0.2, 0.25) is 0 Å². The van der Waals surface area contributed by atoms with Crippen molar-refractivity contribution in [2.75, 3.05) is 33.8 Å². The number of nitrogens with zero attached hydrogens (tertiary/aromatic N) is 2. The standard InChI is InChI=1S/C8H18N2OS/c1-9(2)12-10-5-3-8(7-11)4-6-10/h8,11H,3-7H2,1-2H3. The molecule has 72 valence electrons. The molecule has 1 aliphatic heterocycles. The van der Waals surface area contributed by atoms with Gasteiger partial charge < -0.3 is 5.11 Å². The Morgan fingerprint density at radius 2 is 2.00 bits per heavy atom. The number of piperidine rings is 1. The van der Waals surface area contributed by atoms with Gasteiger partial charge in [0.15, 0.2) is 0 Å². The van der Waals surface area contributed by atoms with Gasteiger partial charge in [-0.1, -0.05) is 0 Å². The van der Waals surface area contributed by atoms with Crippen LogP contribution in [-0.4, -0.2) is 47.5 Å². The summed E-state index contributed by atoms with van der Waals surface area (Å²) >= 11 is 1.77. The van der Waals surface area contributed by atoms with Gasteiger partial charge in [-0.2, -0.15) is 0 Å². The van der Waals surface area contributed by atoms with Crippen molar-refractivity contribution >= 4 is 12.1 Å². The summed E-state index contributed by atoms with van der Waals surface area (Å²) in [6.45, 7) is 2.57. The maximum absolute atomic E-state index is 8.92. The lowest BCUT2D eigenvalue weighted by Crippen LogP contribution is -2.31. The van der Waals surface area contributed by atoms with E-state index in [0.717, 1.165) is 25.9 Å². The number of aliphatic hydroxyl groups is 1. The molecule has 0 radical (unpaired) electrons. The highest BCUT2D eigenvalue weighted by Crippen LogP contribution is 2.22. The fraction of sp³-hybridized carbons (Fsp3) is 1.00. The van der Waals surface area contributed by atoms with E-state index in [0.29, 0.717) is 12.5 Å². The minimum absolute atomic E-state index is 0.362. The first-order chi connectivity index (χ1) is 5.72. The maximum Gasteiger partial charge on any atom is 0.0460 e. The Hall–Kier alpha value is 0.230. The molecule has 1 saturated heterocycles. The average molecular weight is 190 g/mol. The molecular weight excluding hydrogens is 172 g/mol. The van der Waals surface area contributed by atoms with Crippen LogP contribution < -0.4 is 0 Å². The van der Waals surface area contributed by atoms with Crippen LogP contribution in [0.25, 0.3) is 0 Å². The van der Waals surface area contributed by atoms with Crippen molar-refractivity contribution in [2.45, 2.75) is 12.8 Å². The van der Waals surface area contributed by atoms with Gasteiger partial charge in [-0.25, -0.2) is 8.61 Å². The number of hydrogen-bond donors (Lipinski definition) is 1. The van der Waals surface area contributed by atoms with Crippen molar-refractivity contribution < 1.29 is 5.11 Å². The molecule has 0 amide bonds. The summed E-state index contributed by atoms with van der Waals surface area (Å²) < 4.78 is 4.46. The molecule has 1 rings (SSSR count). The van der Waals surface area contributed by atoms with Gasteiger partial charge in [0.1, 0.15) is 0 Å². The summed E-state index contributed by atoms with van der Waals surface area (Å²) in [6, 6.07) is 0. The van der Waals surface area contributed by atoms with Crippen LogP contribution in [0.2, 0.25) is 0 Å². The van der Waals surface area contributed by atoms with E-state index in [4.69, 9.17) is 5.11 Å². The monoisotopic (exact) mass is 190 g/mol. The third kappa shape index (κ3) is 3.31. The number of rotatable bonds is 3. The Morgan fingerprint density at radius 3 is 2.42 bits per heavy atom. The Balaban J connectivity index is 2.17. The van der Waals surface area contributed by atoms with E-state index >= 15 is 0 Å². The molecule has 1 fully saturated rings. The lowest BCUT2D eigenvalue weighted by molar-refractivity contribution is 0.173. The predicted molar refractivity (Wildman–Crippen MR) is 52.7 cm³/mol. The fourth-order valence-electron chi connectivity index (χ4n) is 1.40. The Kier molecular flexibility index (Phi) is 4.35. The summed E-state index contributed by atoms with van der Waals surface area (Å²) in [6.07, 6.45) is 2.27. The first-order valence-corrected chi connectivity index (χ1v) is 5.16. The van der Waals surface area contributed by atoms with Gasteiger partial charge in [-0.15, -0.1) is 0 Å². The van der Waals surface area contributed by atoms with Crippen molar-refractivity contribution in [3.8, 4) is 0 Å². The SMILES string of the molecule is CN(C)SN1CCC(CO)CC1. The normalized spacial score (nSPS) is 22.0. The van der Waals surface area contributed by atoms with E-state index in [1.54, 1.807) is 12.1 Å². The molecule has 1 aliphatic rings. The topological polar surface area (TPSA) is 26.7 Å². The summed E-state index contributed by atoms with van der Waals surface area (Å²) in [4.78, 5) is 0. The molecular formula is C8H18N2OS. The van der Waals surface area contributed by atoms with Crippen molar-refractivity contribution in [1.29, 1.82) is 0 Å². The van der Waals surface area contributed by atoms with Crippen LogP contribution >= 0.6 is 12.1 Å². The van der Waals surface area contributed by atoms with E-state index < -0.39 is 0 Å². The smallest absolute Gasteiger partial charge is 0.0460 e. The Labute approximate surface area is 79.0 Å². The lowest BCUT2D eigenvalue weighted by Gasteiger charge is -2.31. The van der Waals surface area contributed by atoms with Crippen LogP contribution in [0.15, 0.2) is 0 Å². The molecule has 0 aromatic heterocycles. The van der Waals surface area contributed by atoms with Gasteiger partial charge in [-0.3, -0.25) is 0 Å². The maximum atomic E-state index is 8.92. The largest absolute Gasteiger partial charge is 0.396 e. The molecule has 0 aliphatic carbocycles. The second-order valence-corrected chi connectivity index (χ2v) is 4.86. The molecule has 0 atom stereocenters. The van der Waals surface area contributed by atoms with Crippen molar-refractivity contribution in [1.82, 2.24) is 8.61 Å². The van der Waals surface area contributed by atoms with Crippen molar-refractivity contribution in [2.24, 2.45) is 5.92 Å². The van der Waals surface area contributed by atoms with Crippen LogP contribution in [0.5, 0.6) is 0 Å². The molecule has 0 aromatic carbocycles. The highest BCUT2D eigenvalue weighted by Gasteiger charge is 2.18. The van der Waals surface area contributed by atoms with Crippen LogP contribution in [-0.2, 0) is 0 Å². The van der Waals surface area contributed by atoms with Crippen LogP contribution in [0.3, 0.4) is 0 Å². The van der Waals surface area contributed by atoms with E-state index in [1.807, 2.05) is 0 Å². The first-order valence-electron chi connectivity index (χ1n) is 4.43. The third-order valence-corrected chi connectivity index (χ3v) is 3.03. The predicted octanol–water partition coefficient (Wildman–Crippen LogP) is 0.815. The Bertz CT molecular complexity index is 124. The molecule has 4 heteroatoms. The zero-order valence-electron chi connectivity index (χ0n) is 7.86. The summed E-state index contributed by atoms with van der Waals surface area (Å²) in [5.41, 5.74) is 0. The lowest BCUT2D eigenvalue weighted by atomic mass is 10.00. The van der Waals surface area contributed by atoms with E-state index in [9.17, 15) is 0 Å². The third-order valence-electron chi connectivity index (χ3n) is 2.11. The summed E-state index contributed by atoms with van der Waals surface area (Å²) in [5, 5.41) is 8.92. The van der Waals surface area contributed by atoms with Crippen LogP contribution in [0, 0.1) is 5.92 Å². The second kappa shape index (κ2) is 5.07. The van der Waals surface area contributed by atoms with Crippen molar-refractivity contribution in [3.05, 3.63) is 0 Å². The van der Waals surface area contributed by atoms with Gasteiger partial charge in [-0.05, 0) is 32.9 Å². The van der Waals surface area contributed by atoms with Gasteiger partial charge in [0.25, 0.3) is 0 Å². The number of hydrogen-bond acceptors (Lipinski definition) is 4. The van der Waals surface area contributed by atoms with Crippen LogP contribution in [0.1, 0.15) is 12.8 Å². The van der Waals surface area contributed by atoms with Crippen molar-refractivity contribution in [3.63, 3.8) is 0 Å². The molecule has 0 unspecified atom stereocenters. The van der Waals surface area contributed by atoms with E-state index in [1.165, 1.54) is 0 Å². The van der Waals surface area contributed by atoms with Crippen LogP contribution in [0.4, 0.5) is 0 Å². The minimum atomic E-state index is 0.362. The quantitative estimate of drug-likeness (QED) is 0.666. The minimum Gasteiger partial charge on any atom is -0.396 e. The zero-order valence-corrected chi connectivity index (χ0v) is 8.68. The van der Waals surface area contributed by atoms with E-state index in [-0.39, 0.29) is 0 Å².